The van der Waals surface area contributed by atoms with Crippen molar-refractivity contribution in [1.82, 2.24) is 0 Å². The maximum atomic E-state index is 4.69. The van der Waals surface area contributed by atoms with Gasteiger partial charge in [-0.15, -0.1) is 17.1 Å². The molecule has 0 aromatic heterocycles. The van der Waals surface area contributed by atoms with Crippen molar-refractivity contribution >= 4 is 62.0 Å². The van der Waals surface area contributed by atoms with E-state index in [2.05, 4.69) is 315 Å². The molecule has 12 aromatic carbocycles. The van der Waals surface area contributed by atoms with Gasteiger partial charge in [-0.25, -0.2) is 0 Å². The van der Waals surface area contributed by atoms with Crippen LogP contribution in [-0.2, 0) is 5.41 Å². The van der Waals surface area contributed by atoms with Gasteiger partial charge in [-0.2, -0.15) is 0 Å². The molecule has 4 heteroatoms. The van der Waals surface area contributed by atoms with Gasteiger partial charge in [-0.05, 0) is 184 Å². The average molecular weight is 1130 g/mol. The maximum Gasteiger partial charge on any atom is 0.0202 e. The lowest BCUT2D eigenvalue weighted by Crippen LogP contribution is -2.32. The van der Waals surface area contributed by atoms with Crippen LogP contribution < -0.4 is 31.8 Å². The van der Waals surface area contributed by atoms with E-state index >= 15 is 0 Å². The Balaban J connectivity index is 0.864. The molecule has 0 bridgehead atoms. The van der Waals surface area contributed by atoms with E-state index in [0.29, 0.717) is 0 Å². The van der Waals surface area contributed by atoms with Crippen molar-refractivity contribution in [3.05, 3.63) is 327 Å². The van der Waals surface area contributed by atoms with Crippen LogP contribution in [0.1, 0.15) is 43.2 Å². The summed E-state index contributed by atoms with van der Waals surface area (Å²) in [6.45, 7) is -4.61. The molecule has 82 heavy (non-hydrogen) atoms. The van der Waals surface area contributed by atoms with Crippen LogP contribution in [0.2, 0.25) is 0 Å². The molecule has 0 nitrogen and oxygen atoms in total. The Morgan fingerprint density at radius 1 is 0.207 bits per heavy atom. The van der Waals surface area contributed by atoms with Crippen LogP contribution in [0.4, 0.5) is 0 Å². The zero-order valence-electron chi connectivity index (χ0n) is 46.0. The summed E-state index contributed by atoms with van der Waals surface area (Å²) in [5.41, 5.74) is 17.2. The van der Waals surface area contributed by atoms with Gasteiger partial charge in [0.2, 0.25) is 0 Å². The summed E-state index contributed by atoms with van der Waals surface area (Å²) < 4.78 is 0. The number of benzene rings is 12. The molecule has 1 aliphatic rings. The van der Waals surface area contributed by atoms with Gasteiger partial charge in [-0.1, -0.05) is 286 Å². The second-order valence-corrected chi connectivity index (χ2v) is 31.7. The second kappa shape index (κ2) is 23.5. The van der Waals surface area contributed by atoms with Crippen molar-refractivity contribution in [2.45, 2.75) is 37.5 Å². The Kier molecular flexibility index (Phi) is 15.3. The highest BCUT2D eigenvalue weighted by Crippen LogP contribution is 2.53. The Hall–Kier alpha value is -7.90. The molecule has 1 aliphatic carbocycles. The molecule has 0 saturated heterocycles. The molecule has 0 N–H and O–H groups in total. The lowest BCUT2D eigenvalue weighted by molar-refractivity contribution is 0.346. The van der Waals surface area contributed by atoms with Gasteiger partial charge >= 0.3 is 0 Å². The third-order valence-electron chi connectivity index (χ3n) is 17.0. The smallest absolute Gasteiger partial charge is 0.0202 e. The Labute approximate surface area is 489 Å². The fourth-order valence-electron chi connectivity index (χ4n) is 12.7. The first-order valence-corrected chi connectivity index (χ1v) is 35.0. The molecule has 12 aromatic rings. The number of hydrogen-bond acceptors (Lipinski definition) is 0. The third kappa shape index (κ3) is 10.5. The van der Waals surface area contributed by atoms with Gasteiger partial charge in [0.15, 0.2) is 0 Å². The predicted octanol–water partition coefficient (Wildman–Crippen LogP) is 19.6. The monoisotopic (exact) mass is 1120 g/mol. The normalized spacial score (nSPS) is 14.5. The highest BCUT2D eigenvalue weighted by Gasteiger charge is 2.37. The first-order valence-electron chi connectivity index (χ1n) is 28.7. The minimum Gasteiger partial charge on any atom is -0.112 e. The van der Waals surface area contributed by atoms with Crippen molar-refractivity contribution < 1.29 is 0 Å². The molecular weight excluding hydrogens is 1060 g/mol. The van der Waals surface area contributed by atoms with E-state index in [1.54, 1.807) is 0 Å². The van der Waals surface area contributed by atoms with Crippen LogP contribution in [0.5, 0.6) is 0 Å². The molecular formula is C78H64P4. The summed E-state index contributed by atoms with van der Waals surface area (Å²) in [7, 11) is 9.39. The zero-order chi connectivity index (χ0) is 55.4. The van der Waals surface area contributed by atoms with Crippen molar-refractivity contribution in [2.24, 2.45) is 0 Å². The minimum absolute atomic E-state index is 0.102. The number of hydrogen-bond donors (Lipinski definition) is 0. The van der Waals surface area contributed by atoms with Crippen molar-refractivity contribution in [2.75, 3.05) is 0 Å². The molecule has 13 rings (SSSR count). The van der Waals surface area contributed by atoms with E-state index in [1.165, 1.54) is 129 Å². The lowest BCUT2D eigenvalue weighted by atomic mass is 9.65. The third-order valence-corrected chi connectivity index (χ3v) is 28.1. The summed E-state index contributed by atoms with van der Waals surface area (Å²) in [6, 6.07) is 118. The van der Waals surface area contributed by atoms with E-state index in [4.69, 9.17) is 17.1 Å². The van der Waals surface area contributed by atoms with Gasteiger partial charge in [0.05, 0.1) is 0 Å². The standard InChI is InChI=1S/C78H64P4/c79-81(72-34-16-5-17-35-72,76-38-22-32-62(56-76)68-52-64(58-24-8-1-9-25-58)50-65(53-68)59-26-10-2-11-27-59)74-44-40-70(41-45-74)78(48-20-7-21-49-78)71-42-46-75(47-43-71)82(80,73-36-18-6-19-37-73)77-39-23-33-63(57-77)69-54-66(60-28-12-3-13-29-60)51-67(55-69)61-30-14-4-15-31-61/h1-6,8-19,22-47,50-57,79-80H,7,20-21,48-49H2. The highest BCUT2D eigenvalue weighted by molar-refractivity contribution is 8.13. The Bertz CT molecular complexity index is 3860. The van der Waals surface area contributed by atoms with E-state index in [9.17, 15) is 0 Å². The van der Waals surface area contributed by atoms with Crippen molar-refractivity contribution in [1.29, 1.82) is 0 Å². The fourth-order valence-corrected chi connectivity index (χ4v) is 20.8. The van der Waals surface area contributed by atoms with E-state index in [0.717, 1.165) is 12.8 Å². The Morgan fingerprint density at radius 2 is 0.451 bits per heavy atom. The van der Waals surface area contributed by atoms with Gasteiger partial charge in [0.1, 0.15) is 0 Å². The molecule has 1 fully saturated rings. The lowest BCUT2D eigenvalue weighted by Gasteiger charge is -2.39. The first kappa shape index (κ1) is 53.4. The molecule has 0 radical (unpaired) electrons. The molecule has 2 atom stereocenters. The van der Waals surface area contributed by atoms with Crippen LogP contribution >= 0.6 is 30.2 Å². The molecule has 0 heterocycles. The fraction of sp³-hybridized carbons (Fsp3) is 0.0769. The predicted molar refractivity (Wildman–Crippen MR) is 363 cm³/mol. The molecule has 2 unspecified atom stereocenters. The number of rotatable bonds is 14. The van der Waals surface area contributed by atoms with E-state index < -0.39 is 13.1 Å². The largest absolute Gasteiger partial charge is 0.112 e. The van der Waals surface area contributed by atoms with Gasteiger partial charge < -0.3 is 0 Å². The Morgan fingerprint density at radius 3 is 0.756 bits per heavy atom. The van der Waals surface area contributed by atoms with Crippen LogP contribution in [-0.4, -0.2) is 0 Å². The second-order valence-electron chi connectivity index (χ2n) is 21.9. The summed E-state index contributed by atoms with van der Waals surface area (Å²) in [5.74, 6) is 0. The van der Waals surface area contributed by atoms with E-state index in [-0.39, 0.29) is 5.41 Å². The van der Waals surface area contributed by atoms with E-state index in [1.807, 2.05) is 0 Å². The van der Waals surface area contributed by atoms with Crippen LogP contribution in [0.15, 0.2) is 315 Å². The van der Waals surface area contributed by atoms with Crippen LogP contribution in [0, 0.1) is 0 Å². The summed E-state index contributed by atoms with van der Waals surface area (Å²) in [6.07, 6.45) is 5.91. The molecule has 0 aliphatic heterocycles. The highest BCUT2D eigenvalue weighted by atomic mass is 31.8. The van der Waals surface area contributed by atoms with Crippen LogP contribution in [0.3, 0.4) is 0 Å². The molecule has 396 valence electrons. The van der Waals surface area contributed by atoms with Gasteiger partial charge in [0, 0.05) is 5.41 Å². The van der Waals surface area contributed by atoms with Crippen molar-refractivity contribution in [3.8, 4) is 66.8 Å². The van der Waals surface area contributed by atoms with Crippen molar-refractivity contribution in [3.63, 3.8) is 0 Å². The molecule has 0 spiro atoms. The zero-order valence-corrected chi connectivity index (χ0v) is 49.7. The first-order chi connectivity index (χ1) is 40.3. The summed E-state index contributed by atoms with van der Waals surface area (Å²) >= 11 is 0. The summed E-state index contributed by atoms with van der Waals surface area (Å²) in [5, 5.41) is 7.79. The topological polar surface area (TPSA) is 0 Å². The minimum atomic E-state index is -2.30. The average Bonchev–Trinajstić information content (AvgIpc) is 3.66. The molecule has 1 saturated carbocycles. The van der Waals surface area contributed by atoms with Gasteiger partial charge in [-0.3, -0.25) is 0 Å². The van der Waals surface area contributed by atoms with Gasteiger partial charge in [0.25, 0.3) is 0 Å². The SMILES string of the molecule is P=P(c1ccccc1)(c1ccc(C2(c3ccc(P(=P)(c4ccccc4)c4cccc(-c5cc(-c6ccccc6)cc(-c6ccccc6)c5)c4)cc3)CCCCC2)cc1)c1cccc(-c2cc(-c3ccccc3)cc(-c3ccccc3)c2)c1. The molecule has 0 amide bonds. The quantitative estimate of drug-likeness (QED) is 0.0952. The summed E-state index contributed by atoms with van der Waals surface area (Å²) in [4.78, 5) is 0. The van der Waals surface area contributed by atoms with Crippen LogP contribution in [0.25, 0.3) is 66.8 Å². The maximum absolute atomic E-state index is 4.69.